The first-order valence-corrected chi connectivity index (χ1v) is 13.8. The summed E-state index contributed by atoms with van der Waals surface area (Å²) in [7, 11) is 6.68. The van der Waals surface area contributed by atoms with Gasteiger partial charge in [0.25, 0.3) is 11.8 Å². The second-order valence-corrected chi connectivity index (χ2v) is 11.2. The van der Waals surface area contributed by atoms with Crippen LogP contribution in [0, 0.1) is 11.3 Å². The maximum Gasteiger partial charge on any atom is 0.318 e. The Morgan fingerprint density at radius 2 is 1.51 bits per heavy atom. The van der Waals surface area contributed by atoms with Crippen LogP contribution in [0.5, 0.6) is 0 Å². The third-order valence-corrected chi connectivity index (χ3v) is 8.14. The third kappa shape index (κ3) is 5.68. The van der Waals surface area contributed by atoms with Crippen LogP contribution in [-0.2, 0) is 27.8 Å². The molecule has 1 aliphatic carbocycles. The standard InChI is InChI=1S/C31H37N5O5/c1-34(2)28(38)22-9-11-25-20(16-22)7-8-21-17-23(29(39)35(3)4)10-12-26(21)31(25,30(40)41)13-14-33-19-27(37)36-15-5-6-24(36)18-32/h9-12,16-17,24,33H,5-8,13-15,19H2,1-4H3,(H,40,41). The van der Waals surface area contributed by atoms with E-state index in [9.17, 15) is 29.5 Å². The Morgan fingerprint density at radius 1 is 0.976 bits per heavy atom. The van der Waals surface area contributed by atoms with E-state index in [0.29, 0.717) is 48.1 Å². The molecule has 2 aliphatic rings. The third-order valence-electron chi connectivity index (χ3n) is 8.14. The Balaban J connectivity index is 1.72. The fourth-order valence-electron chi connectivity index (χ4n) is 6.01. The van der Waals surface area contributed by atoms with Gasteiger partial charge in [-0.2, -0.15) is 5.26 Å². The highest BCUT2D eigenvalue weighted by molar-refractivity contribution is 5.96. The van der Waals surface area contributed by atoms with Crippen LogP contribution >= 0.6 is 0 Å². The normalized spacial score (nSPS) is 17.0. The minimum absolute atomic E-state index is 0.000141. The molecule has 2 aromatic rings. The summed E-state index contributed by atoms with van der Waals surface area (Å²) in [6, 6.07) is 12.1. The number of benzene rings is 2. The number of carboxylic acid groups (broad SMARTS) is 1. The molecule has 1 unspecified atom stereocenters. The SMILES string of the molecule is CN(C)C(=O)c1ccc2c(c1)CCc1cc(C(=O)N(C)C)ccc1C2(CCNCC(=O)N1CCCC1C#N)C(=O)O. The van der Waals surface area contributed by atoms with Crippen LogP contribution in [0.15, 0.2) is 36.4 Å². The number of hydrogen-bond donors (Lipinski definition) is 2. The molecule has 216 valence electrons. The number of fused-ring (bicyclic) bond motifs is 2. The highest BCUT2D eigenvalue weighted by atomic mass is 16.4. The predicted octanol–water partition coefficient (Wildman–Crippen LogP) is 2.05. The summed E-state index contributed by atoms with van der Waals surface area (Å²) in [6.45, 7) is 0.763. The van der Waals surface area contributed by atoms with Gasteiger partial charge in [0.1, 0.15) is 11.5 Å². The second-order valence-electron chi connectivity index (χ2n) is 11.2. The van der Waals surface area contributed by atoms with E-state index < -0.39 is 17.4 Å². The first kappa shape index (κ1) is 29.7. The molecular weight excluding hydrogens is 522 g/mol. The summed E-state index contributed by atoms with van der Waals surface area (Å²) < 4.78 is 0. The molecule has 0 bridgehead atoms. The van der Waals surface area contributed by atoms with E-state index >= 15 is 0 Å². The fraction of sp³-hybridized carbons (Fsp3) is 0.452. The fourth-order valence-corrected chi connectivity index (χ4v) is 6.01. The number of nitrogens with zero attached hydrogens (tertiary/aromatic N) is 4. The number of nitriles is 1. The van der Waals surface area contributed by atoms with Crippen LogP contribution in [0.2, 0.25) is 0 Å². The minimum atomic E-state index is -1.47. The van der Waals surface area contributed by atoms with Crippen molar-refractivity contribution < 1.29 is 24.3 Å². The summed E-state index contributed by atoms with van der Waals surface area (Å²) in [5.41, 5.74) is 2.21. The molecule has 1 atom stereocenters. The zero-order valence-corrected chi connectivity index (χ0v) is 24.1. The molecule has 0 aromatic heterocycles. The van der Waals surface area contributed by atoms with Gasteiger partial charge >= 0.3 is 5.97 Å². The Hall–Kier alpha value is -4.23. The van der Waals surface area contributed by atoms with Crippen molar-refractivity contribution in [2.24, 2.45) is 0 Å². The van der Waals surface area contributed by atoms with E-state index in [1.165, 1.54) is 9.80 Å². The molecule has 2 aromatic carbocycles. The highest BCUT2D eigenvalue weighted by Crippen LogP contribution is 2.43. The Bertz CT molecular complexity index is 1340. The number of aryl methyl sites for hydroxylation is 2. The zero-order chi connectivity index (χ0) is 29.9. The molecule has 2 N–H and O–H groups in total. The Labute approximate surface area is 240 Å². The highest BCUT2D eigenvalue weighted by Gasteiger charge is 2.46. The van der Waals surface area contributed by atoms with Crippen molar-refractivity contribution >= 4 is 23.7 Å². The Kier molecular flexibility index (Phi) is 8.78. The topological polar surface area (TPSA) is 134 Å². The van der Waals surface area contributed by atoms with Gasteiger partial charge in [-0.25, -0.2) is 0 Å². The molecule has 0 saturated carbocycles. The molecule has 3 amide bonds. The largest absolute Gasteiger partial charge is 0.480 e. The summed E-state index contributed by atoms with van der Waals surface area (Å²) in [6.07, 6.45) is 2.59. The lowest BCUT2D eigenvalue weighted by Gasteiger charge is -2.33. The van der Waals surface area contributed by atoms with Gasteiger partial charge < -0.3 is 25.1 Å². The van der Waals surface area contributed by atoms with Crippen LogP contribution in [-0.4, -0.2) is 97.4 Å². The summed E-state index contributed by atoms with van der Waals surface area (Å²) in [4.78, 5) is 56.1. The number of hydrogen-bond acceptors (Lipinski definition) is 6. The first-order chi connectivity index (χ1) is 19.5. The molecule has 10 heteroatoms. The number of carbonyl (C=O) groups excluding carboxylic acids is 3. The van der Waals surface area contributed by atoms with Gasteiger partial charge in [-0.15, -0.1) is 0 Å². The minimum Gasteiger partial charge on any atom is -0.480 e. The molecule has 1 heterocycles. The number of likely N-dealkylation sites (tertiary alicyclic amines) is 1. The van der Waals surface area contributed by atoms with Crippen molar-refractivity contribution in [2.45, 2.75) is 43.6 Å². The number of amides is 3. The summed E-state index contributed by atoms with van der Waals surface area (Å²) >= 11 is 0. The monoisotopic (exact) mass is 559 g/mol. The van der Waals surface area contributed by atoms with Gasteiger partial charge in [0, 0.05) is 45.9 Å². The zero-order valence-electron chi connectivity index (χ0n) is 24.1. The van der Waals surface area contributed by atoms with Crippen LogP contribution in [0.1, 0.15) is 62.2 Å². The van der Waals surface area contributed by atoms with Crippen LogP contribution in [0.4, 0.5) is 0 Å². The first-order valence-electron chi connectivity index (χ1n) is 13.8. The number of rotatable bonds is 8. The van der Waals surface area contributed by atoms with Crippen molar-refractivity contribution in [1.82, 2.24) is 20.0 Å². The maximum atomic E-state index is 13.3. The summed E-state index contributed by atoms with van der Waals surface area (Å²) in [5, 5.41) is 23.3. The van der Waals surface area contributed by atoms with Crippen LogP contribution in [0.25, 0.3) is 0 Å². The number of carbonyl (C=O) groups is 4. The van der Waals surface area contributed by atoms with E-state index in [4.69, 9.17) is 0 Å². The number of carboxylic acids is 1. The molecule has 0 radical (unpaired) electrons. The molecular formula is C31H37N5O5. The second kappa shape index (κ2) is 12.1. The maximum absolute atomic E-state index is 13.3. The number of nitrogens with one attached hydrogen (secondary N) is 1. The molecule has 10 nitrogen and oxygen atoms in total. The quantitative estimate of drug-likeness (QED) is 0.473. The van der Waals surface area contributed by atoms with Crippen molar-refractivity contribution in [2.75, 3.05) is 47.8 Å². The van der Waals surface area contributed by atoms with Crippen molar-refractivity contribution in [3.63, 3.8) is 0 Å². The lowest BCUT2D eigenvalue weighted by atomic mass is 9.69. The molecule has 0 spiro atoms. The van der Waals surface area contributed by atoms with Gasteiger partial charge in [-0.05, 0) is 85.2 Å². The van der Waals surface area contributed by atoms with Gasteiger partial charge in [0.2, 0.25) is 5.91 Å². The van der Waals surface area contributed by atoms with Gasteiger partial charge in [-0.3, -0.25) is 19.2 Å². The van der Waals surface area contributed by atoms with E-state index in [0.717, 1.165) is 17.5 Å². The van der Waals surface area contributed by atoms with E-state index in [2.05, 4.69) is 11.4 Å². The molecule has 4 rings (SSSR count). The van der Waals surface area contributed by atoms with Gasteiger partial charge in [0.15, 0.2) is 0 Å². The van der Waals surface area contributed by atoms with Crippen molar-refractivity contribution in [1.29, 1.82) is 5.26 Å². The van der Waals surface area contributed by atoms with Gasteiger partial charge in [0.05, 0.1) is 12.6 Å². The van der Waals surface area contributed by atoms with Crippen LogP contribution in [0.3, 0.4) is 0 Å². The van der Waals surface area contributed by atoms with E-state index in [-0.39, 0.29) is 37.2 Å². The molecule has 41 heavy (non-hydrogen) atoms. The lowest BCUT2D eigenvalue weighted by molar-refractivity contribution is -0.142. The predicted molar refractivity (Wildman–Crippen MR) is 153 cm³/mol. The smallest absolute Gasteiger partial charge is 0.318 e. The Morgan fingerprint density at radius 3 is 1.98 bits per heavy atom. The van der Waals surface area contributed by atoms with Crippen molar-refractivity contribution in [3.8, 4) is 6.07 Å². The molecule has 1 fully saturated rings. The van der Waals surface area contributed by atoms with Gasteiger partial charge in [-0.1, -0.05) is 12.1 Å². The number of aliphatic carboxylic acids is 1. The molecule has 1 saturated heterocycles. The average Bonchev–Trinajstić information content (AvgIpc) is 3.39. The van der Waals surface area contributed by atoms with Crippen molar-refractivity contribution in [3.05, 3.63) is 69.8 Å². The van der Waals surface area contributed by atoms with E-state index in [1.807, 2.05) is 0 Å². The van der Waals surface area contributed by atoms with Crippen LogP contribution < -0.4 is 5.32 Å². The molecule has 1 aliphatic heterocycles. The van der Waals surface area contributed by atoms with E-state index in [1.54, 1.807) is 69.5 Å². The average molecular weight is 560 g/mol. The summed E-state index contributed by atoms with van der Waals surface area (Å²) in [5.74, 6) is -1.57. The lowest BCUT2D eigenvalue weighted by Crippen LogP contribution is -2.44.